The van der Waals surface area contributed by atoms with E-state index in [1.807, 2.05) is 6.92 Å². The molecule has 4 rings (SSSR count). The van der Waals surface area contributed by atoms with Crippen LogP contribution in [0.25, 0.3) is 0 Å². The topological polar surface area (TPSA) is 95.1 Å². The quantitative estimate of drug-likeness (QED) is 0.416. The van der Waals surface area contributed by atoms with Crippen molar-refractivity contribution in [1.29, 1.82) is 0 Å². The van der Waals surface area contributed by atoms with Crippen molar-refractivity contribution in [3.63, 3.8) is 0 Å². The molecule has 0 fully saturated rings. The molecule has 0 spiro atoms. The molecule has 0 saturated heterocycles. The van der Waals surface area contributed by atoms with E-state index in [0.717, 1.165) is 24.2 Å². The highest BCUT2D eigenvalue weighted by Crippen LogP contribution is 2.32. The van der Waals surface area contributed by atoms with Gasteiger partial charge in [0.05, 0.1) is 15.5 Å². The number of carbonyl (C=O) groups is 1. The van der Waals surface area contributed by atoms with Crippen molar-refractivity contribution in [3.05, 3.63) is 82.3 Å². The largest absolute Gasteiger partial charge is 0.310 e. The molecule has 0 N–H and O–H groups in total. The van der Waals surface area contributed by atoms with Gasteiger partial charge in [0.25, 0.3) is 10.0 Å². The fourth-order valence-corrected chi connectivity index (χ4v) is 6.61. The van der Waals surface area contributed by atoms with E-state index >= 15 is 0 Å². The van der Waals surface area contributed by atoms with Gasteiger partial charge in [0, 0.05) is 30.8 Å². The molecule has 0 atom stereocenters. The van der Waals surface area contributed by atoms with Crippen molar-refractivity contribution < 1.29 is 21.6 Å². The second kappa shape index (κ2) is 9.97. The van der Waals surface area contributed by atoms with Crippen LogP contribution in [0.15, 0.2) is 81.0 Å². The van der Waals surface area contributed by atoms with Crippen LogP contribution >= 0.6 is 15.9 Å². The second-order valence-corrected chi connectivity index (χ2v) is 13.6. The minimum atomic E-state index is -4.04. The van der Waals surface area contributed by atoms with Gasteiger partial charge < -0.3 is 4.90 Å². The molecule has 0 aliphatic carbocycles. The lowest BCUT2D eigenvalue weighted by atomic mass is 10.2. The molecule has 1 amide bonds. The zero-order chi connectivity index (χ0) is 26.3. The SMILES string of the molecule is Cc1ccc(S(=O)(=O)N(CC(=O)N2CCc3cc(S(=O)(=O)N(C)C)ccc32)c2ccc(Br)cc2)cc1. The first-order valence-corrected chi connectivity index (χ1v) is 14.8. The van der Waals surface area contributed by atoms with E-state index in [1.54, 1.807) is 48.5 Å². The van der Waals surface area contributed by atoms with Gasteiger partial charge in [-0.05, 0) is 73.5 Å². The minimum absolute atomic E-state index is 0.0872. The Morgan fingerprint density at radius 3 is 2.11 bits per heavy atom. The molecule has 0 bridgehead atoms. The fraction of sp³-hybridized carbons (Fsp3) is 0.240. The standard InChI is InChI=1S/C25H26BrN3O5S2/c1-18-4-10-22(11-5-18)36(33,34)29(21-8-6-20(26)7-9-21)17-25(30)28-15-14-19-16-23(12-13-24(19)28)35(31,32)27(2)3/h4-13,16H,14-15,17H2,1-3H3. The highest BCUT2D eigenvalue weighted by atomic mass is 79.9. The highest BCUT2D eigenvalue weighted by molar-refractivity contribution is 9.10. The number of nitrogens with zero attached hydrogens (tertiary/aromatic N) is 3. The highest BCUT2D eigenvalue weighted by Gasteiger charge is 2.32. The molecule has 36 heavy (non-hydrogen) atoms. The zero-order valence-electron chi connectivity index (χ0n) is 20.0. The van der Waals surface area contributed by atoms with Crippen LogP contribution in [0.3, 0.4) is 0 Å². The molecule has 0 unspecified atom stereocenters. The molecular formula is C25H26BrN3O5S2. The van der Waals surface area contributed by atoms with Crippen LogP contribution in [-0.2, 0) is 31.3 Å². The lowest BCUT2D eigenvalue weighted by Crippen LogP contribution is -2.42. The number of rotatable bonds is 7. The van der Waals surface area contributed by atoms with E-state index in [-0.39, 0.29) is 9.79 Å². The van der Waals surface area contributed by atoms with Gasteiger partial charge in [-0.2, -0.15) is 0 Å². The molecule has 3 aromatic carbocycles. The Morgan fingerprint density at radius 1 is 0.889 bits per heavy atom. The smallest absolute Gasteiger partial charge is 0.264 e. The number of fused-ring (bicyclic) bond motifs is 1. The van der Waals surface area contributed by atoms with Crippen LogP contribution in [0, 0.1) is 6.92 Å². The Bertz CT molecular complexity index is 1500. The first kappa shape index (κ1) is 26.3. The molecule has 190 valence electrons. The molecule has 11 heteroatoms. The van der Waals surface area contributed by atoms with Crippen LogP contribution in [0.5, 0.6) is 0 Å². The fourth-order valence-electron chi connectivity index (χ4n) is 3.98. The Morgan fingerprint density at radius 2 is 1.50 bits per heavy atom. The van der Waals surface area contributed by atoms with Gasteiger partial charge in [0.2, 0.25) is 15.9 Å². The van der Waals surface area contributed by atoms with Crippen LogP contribution < -0.4 is 9.21 Å². The molecule has 8 nitrogen and oxygen atoms in total. The monoisotopic (exact) mass is 591 g/mol. The number of carbonyl (C=O) groups excluding carboxylic acids is 1. The maximum Gasteiger partial charge on any atom is 0.264 e. The normalized spacial score (nSPS) is 13.6. The summed E-state index contributed by atoms with van der Waals surface area (Å²) in [5.74, 6) is -0.407. The van der Waals surface area contributed by atoms with Crippen molar-refractivity contribution in [1.82, 2.24) is 4.31 Å². The van der Waals surface area contributed by atoms with Gasteiger partial charge in [-0.1, -0.05) is 33.6 Å². The maximum atomic E-state index is 13.6. The molecule has 1 heterocycles. The number of halogens is 1. The zero-order valence-corrected chi connectivity index (χ0v) is 23.3. The third-order valence-corrected chi connectivity index (χ3v) is 10.2. The van der Waals surface area contributed by atoms with Gasteiger partial charge in [-0.25, -0.2) is 21.1 Å². The number of aryl methyl sites for hydroxylation is 1. The average molecular weight is 593 g/mol. The summed E-state index contributed by atoms with van der Waals surface area (Å²) in [4.78, 5) is 15.2. The van der Waals surface area contributed by atoms with Crippen molar-refractivity contribution in [2.45, 2.75) is 23.1 Å². The van der Waals surface area contributed by atoms with Gasteiger partial charge >= 0.3 is 0 Å². The number of amides is 1. The lowest BCUT2D eigenvalue weighted by molar-refractivity contribution is -0.117. The Balaban J connectivity index is 1.67. The number of hydrogen-bond acceptors (Lipinski definition) is 5. The number of anilines is 2. The number of sulfonamides is 2. The maximum absolute atomic E-state index is 13.6. The van der Waals surface area contributed by atoms with E-state index in [4.69, 9.17) is 0 Å². The molecule has 1 aliphatic rings. The number of benzene rings is 3. The first-order valence-electron chi connectivity index (χ1n) is 11.1. The predicted octanol–water partition coefficient (Wildman–Crippen LogP) is 3.79. The van der Waals surface area contributed by atoms with Crippen molar-refractivity contribution in [3.8, 4) is 0 Å². The van der Waals surface area contributed by atoms with Gasteiger partial charge in [0.15, 0.2) is 0 Å². The summed E-state index contributed by atoms with van der Waals surface area (Å²) < 4.78 is 55.3. The molecular weight excluding hydrogens is 566 g/mol. The van der Waals surface area contributed by atoms with E-state index in [1.165, 1.54) is 37.2 Å². The summed E-state index contributed by atoms with van der Waals surface area (Å²) in [5.41, 5.74) is 2.59. The van der Waals surface area contributed by atoms with E-state index in [0.29, 0.717) is 24.3 Å². The summed E-state index contributed by atoms with van der Waals surface area (Å²) in [6.07, 6.45) is 0.473. The summed E-state index contributed by atoms with van der Waals surface area (Å²) >= 11 is 3.36. The van der Waals surface area contributed by atoms with Gasteiger partial charge in [-0.15, -0.1) is 0 Å². The lowest BCUT2D eigenvalue weighted by Gasteiger charge is -2.27. The second-order valence-electron chi connectivity index (χ2n) is 8.67. The van der Waals surface area contributed by atoms with Crippen molar-refractivity contribution in [2.75, 3.05) is 36.4 Å². The van der Waals surface area contributed by atoms with Crippen LogP contribution in [-0.4, -0.2) is 54.2 Å². The Labute approximate surface area is 220 Å². The predicted molar refractivity (Wildman–Crippen MR) is 143 cm³/mol. The van der Waals surface area contributed by atoms with Crippen molar-refractivity contribution >= 4 is 53.3 Å². The van der Waals surface area contributed by atoms with Crippen LogP contribution in [0.1, 0.15) is 11.1 Å². The third kappa shape index (κ3) is 5.06. The molecule has 0 radical (unpaired) electrons. The summed E-state index contributed by atoms with van der Waals surface area (Å²) in [6, 6.07) is 17.8. The van der Waals surface area contributed by atoms with E-state index in [9.17, 15) is 21.6 Å². The third-order valence-electron chi connectivity index (χ3n) is 6.03. The van der Waals surface area contributed by atoms with Crippen LogP contribution in [0.4, 0.5) is 11.4 Å². The van der Waals surface area contributed by atoms with Gasteiger partial charge in [-0.3, -0.25) is 9.10 Å². The Hall–Kier alpha value is -2.73. The van der Waals surface area contributed by atoms with E-state index in [2.05, 4.69) is 15.9 Å². The molecule has 0 saturated carbocycles. The van der Waals surface area contributed by atoms with E-state index < -0.39 is 32.5 Å². The summed E-state index contributed by atoms with van der Waals surface area (Å²) in [7, 11) is -4.72. The van der Waals surface area contributed by atoms with Crippen molar-refractivity contribution in [2.24, 2.45) is 0 Å². The molecule has 3 aromatic rings. The van der Waals surface area contributed by atoms with Gasteiger partial charge in [0.1, 0.15) is 6.54 Å². The summed E-state index contributed by atoms with van der Waals surface area (Å²) in [6.45, 7) is 1.79. The molecule has 1 aliphatic heterocycles. The average Bonchev–Trinajstić information content (AvgIpc) is 3.26. The van der Waals surface area contributed by atoms with Crippen LogP contribution in [0.2, 0.25) is 0 Å². The molecule has 0 aromatic heterocycles. The minimum Gasteiger partial charge on any atom is -0.310 e. The first-order chi connectivity index (χ1) is 16.9. The number of hydrogen-bond donors (Lipinski definition) is 0. The Kier molecular flexibility index (Phi) is 7.29. The summed E-state index contributed by atoms with van der Waals surface area (Å²) in [5, 5.41) is 0.